The number of aliphatic hydroxyl groups excluding tert-OH is 1. The summed E-state index contributed by atoms with van der Waals surface area (Å²) in [6, 6.07) is 0.351. The second-order valence-electron chi connectivity index (χ2n) is 5.57. The highest BCUT2D eigenvalue weighted by Gasteiger charge is 2.33. The summed E-state index contributed by atoms with van der Waals surface area (Å²) < 4.78 is 0. The van der Waals surface area contributed by atoms with Crippen LogP contribution in [0.4, 0.5) is 0 Å². The highest BCUT2D eigenvalue weighted by atomic mass is 32.2. The van der Waals surface area contributed by atoms with Crippen molar-refractivity contribution in [3.63, 3.8) is 0 Å². The van der Waals surface area contributed by atoms with E-state index in [1.807, 2.05) is 11.8 Å². The van der Waals surface area contributed by atoms with Crippen molar-refractivity contribution in [2.24, 2.45) is 11.1 Å². The maximum absolute atomic E-state index is 8.89. The fraction of sp³-hybridized carbons (Fsp3) is 1.00. The minimum atomic E-state index is 0.291. The molecule has 90 valence electrons. The molecule has 1 saturated carbocycles. The van der Waals surface area contributed by atoms with Crippen LogP contribution in [0, 0.1) is 5.41 Å². The van der Waals surface area contributed by atoms with Crippen LogP contribution in [-0.2, 0) is 0 Å². The van der Waals surface area contributed by atoms with Crippen molar-refractivity contribution in [2.75, 3.05) is 6.61 Å². The Morgan fingerprint density at radius 1 is 1.53 bits per heavy atom. The summed E-state index contributed by atoms with van der Waals surface area (Å²) in [5.74, 6) is 0. The molecule has 1 aliphatic carbocycles. The fourth-order valence-electron chi connectivity index (χ4n) is 2.24. The molecule has 0 saturated heterocycles. The molecule has 0 aliphatic heterocycles. The van der Waals surface area contributed by atoms with E-state index in [1.54, 1.807) is 0 Å². The molecule has 1 aliphatic rings. The van der Waals surface area contributed by atoms with Crippen molar-refractivity contribution in [3.05, 3.63) is 0 Å². The molecular weight excluding hydrogens is 206 g/mol. The molecular formula is C12H25NOS. The fourth-order valence-corrected chi connectivity index (χ4v) is 3.96. The van der Waals surface area contributed by atoms with E-state index < -0.39 is 0 Å². The quantitative estimate of drug-likeness (QED) is 0.781. The third-order valence-electron chi connectivity index (χ3n) is 3.33. The van der Waals surface area contributed by atoms with Gasteiger partial charge in [-0.05, 0) is 31.1 Å². The highest BCUT2D eigenvalue weighted by Crippen LogP contribution is 2.41. The lowest BCUT2D eigenvalue weighted by atomic mass is 9.75. The molecule has 3 unspecified atom stereocenters. The van der Waals surface area contributed by atoms with Crippen LogP contribution in [0.25, 0.3) is 0 Å². The molecule has 0 aromatic rings. The Morgan fingerprint density at radius 2 is 2.20 bits per heavy atom. The molecule has 1 fully saturated rings. The van der Waals surface area contributed by atoms with Crippen LogP contribution in [0.1, 0.15) is 46.5 Å². The first-order valence-electron chi connectivity index (χ1n) is 5.96. The van der Waals surface area contributed by atoms with Crippen LogP contribution in [0.2, 0.25) is 0 Å². The largest absolute Gasteiger partial charge is 0.396 e. The first-order valence-corrected chi connectivity index (χ1v) is 6.91. The summed E-state index contributed by atoms with van der Waals surface area (Å²) in [7, 11) is 0. The van der Waals surface area contributed by atoms with Gasteiger partial charge in [0.25, 0.3) is 0 Å². The van der Waals surface area contributed by atoms with E-state index in [0.717, 1.165) is 12.8 Å². The molecule has 2 nitrogen and oxygen atoms in total. The van der Waals surface area contributed by atoms with Crippen LogP contribution in [-0.4, -0.2) is 28.3 Å². The lowest BCUT2D eigenvalue weighted by Gasteiger charge is -2.39. The van der Waals surface area contributed by atoms with Crippen molar-refractivity contribution in [1.82, 2.24) is 0 Å². The number of thioether (sulfide) groups is 1. The van der Waals surface area contributed by atoms with Crippen LogP contribution in [0.15, 0.2) is 0 Å². The van der Waals surface area contributed by atoms with Crippen molar-refractivity contribution in [1.29, 1.82) is 0 Å². The number of aliphatic hydroxyl groups is 1. The van der Waals surface area contributed by atoms with E-state index in [9.17, 15) is 0 Å². The molecule has 15 heavy (non-hydrogen) atoms. The van der Waals surface area contributed by atoms with Crippen LogP contribution < -0.4 is 5.73 Å². The topological polar surface area (TPSA) is 46.2 Å². The lowest BCUT2D eigenvalue weighted by Crippen LogP contribution is -2.42. The van der Waals surface area contributed by atoms with E-state index in [2.05, 4.69) is 20.8 Å². The molecule has 3 heteroatoms. The van der Waals surface area contributed by atoms with Gasteiger partial charge in [0.15, 0.2) is 0 Å². The Balaban J connectivity index is 2.44. The van der Waals surface area contributed by atoms with E-state index in [4.69, 9.17) is 10.8 Å². The van der Waals surface area contributed by atoms with Gasteiger partial charge in [0.1, 0.15) is 0 Å². The number of hydrogen-bond donors (Lipinski definition) is 2. The molecule has 0 amide bonds. The normalized spacial score (nSPS) is 32.6. The molecule has 3 atom stereocenters. The Bertz CT molecular complexity index is 196. The average molecular weight is 231 g/mol. The van der Waals surface area contributed by atoms with E-state index >= 15 is 0 Å². The zero-order valence-corrected chi connectivity index (χ0v) is 11.0. The van der Waals surface area contributed by atoms with Crippen LogP contribution in [0.5, 0.6) is 0 Å². The maximum atomic E-state index is 8.89. The zero-order chi connectivity index (χ0) is 11.5. The Kier molecular flexibility index (Phi) is 4.94. The second-order valence-corrected chi connectivity index (χ2v) is 7.25. The molecule has 0 aromatic carbocycles. The number of nitrogens with two attached hydrogens (primary N) is 1. The molecule has 0 aromatic heterocycles. The van der Waals surface area contributed by atoms with Crippen molar-refractivity contribution in [3.8, 4) is 0 Å². The van der Waals surface area contributed by atoms with Gasteiger partial charge in [-0.3, -0.25) is 0 Å². The van der Waals surface area contributed by atoms with Crippen molar-refractivity contribution < 1.29 is 5.11 Å². The van der Waals surface area contributed by atoms with Gasteiger partial charge in [-0.1, -0.05) is 20.8 Å². The van der Waals surface area contributed by atoms with E-state index in [1.165, 1.54) is 12.8 Å². The Morgan fingerprint density at radius 3 is 2.80 bits per heavy atom. The second kappa shape index (κ2) is 5.55. The van der Waals surface area contributed by atoms with Crippen molar-refractivity contribution >= 4 is 11.8 Å². The van der Waals surface area contributed by atoms with Gasteiger partial charge < -0.3 is 10.8 Å². The third kappa shape index (κ3) is 4.33. The average Bonchev–Trinajstić information content (AvgIpc) is 2.11. The molecule has 0 bridgehead atoms. The van der Waals surface area contributed by atoms with Gasteiger partial charge in [0, 0.05) is 23.1 Å². The van der Waals surface area contributed by atoms with Crippen molar-refractivity contribution in [2.45, 2.75) is 63.0 Å². The lowest BCUT2D eigenvalue weighted by molar-refractivity contribution is 0.231. The first-order chi connectivity index (χ1) is 6.94. The Hall–Kier alpha value is 0.270. The maximum Gasteiger partial charge on any atom is 0.0441 e. The summed E-state index contributed by atoms with van der Waals surface area (Å²) in [4.78, 5) is 0. The molecule has 0 radical (unpaired) electrons. The smallest absolute Gasteiger partial charge is 0.0441 e. The van der Waals surface area contributed by atoms with E-state index in [0.29, 0.717) is 28.6 Å². The molecule has 0 spiro atoms. The first kappa shape index (κ1) is 13.3. The minimum absolute atomic E-state index is 0.291. The van der Waals surface area contributed by atoms with Gasteiger partial charge in [0.2, 0.25) is 0 Å². The Labute approximate surface area is 98.0 Å². The number of rotatable bonds is 4. The van der Waals surface area contributed by atoms with Gasteiger partial charge in [-0.15, -0.1) is 0 Å². The van der Waals surface area contributed by atoms with Crippen LogP contribution >= 0.6 is 11.8 Å². The van der Waals surface area contributed by atoms with Gasteiger partial charge >= 0.3 is 0 Å². The monoisotopic (exact) mass is 231 g/mol. The number of hydrogen-bond acceptors (Lipinski definition) is 3. The van der Waals surface area contributed by atoms with Crippen LogP contribution in [0.3, 0.4) is 0 Å². The third-order valence-corrected chi connectivity index (χ3v) is 4.89. The highest BCUT2D eigenvalue weighted by molar-refractivity contribution is 8.00. The van der Waals surface area contributed by atoms with E-state index in [-0.39, 0.29) is 0 Å². The minimum Gasteiger partial charge on any atom is -0.396 e. The summed E-state index contributed by atoms with van der Waals surface area (Å²) in [5, 5.41) is 10.00. The molecule has 1 rings (SSSR count). The predicted molar refractivity (Wildman–Crippen MR) is 68.2 cm³/mol. The summed E-state index contributed by atoms with van der Waals surface area (Å²) in [5.41, 5.74) is 6.61. The predicted octanol–water partition coefficient (Wildman–Crippen LogP) is 2.40. The standard InChI is InChI=1S/C12H25NOS/c1-9(5-7-14)15-11-8-12(2,3)6-4-10(11)13/h9-11,14H,4-8,13H2,1-3H3. The van der Waals surface area contributed by atoms with Gasteiger partial charge in [-0.2, -0.15) is 11.8 Å². The van der Waals surface area contributed by atoms with Gasteiger partial charge in [-0.25, -0.2) is 0 Å². The summed E-state index contributed by atoms with van der Waals surface area (Å²) in [6.07, 6.45) is 4.50. The summed E-state index contributed by atoms with van der Waals surface area (Å²) >= 11 is 1.97. The summed E-state index contributed by atoms with van der Waals surface area (Å²) in [6.45, 7) is 7.15. The molecule has 0 heterocycles. The SMILES string of the molecule is CC(CCO)SC1CC(C)(C)CCC1N. The zero-order valence-electron chi connectivity index (χ0n) is 10.2. The van der Waals surface area contributed by atoms with Gasteiger partial charge in [0.05, 0.1) is 0 Å². The molecule has 3 N–H and O–H groups in total.